The highest BCUT2D eigenvalue weighted by Crippen LogP contribution is 2.40. The lowest BCUT2D eigenvalue weighted by Crippen LogP contribution is -2.54. The third kappa shape index (κ3) is 4.57. The van der Waals surface area contributed by atoms with Crippen LogP contribution in [0.5, 0.6) is 11.5 Å². The Morgan fingerprint density at radius 1 is 1.09 bits per heavy atom. The van der Waals surface area contributed by atoms with Gasteiger partial charge in [-0.1, -0.05) is 35.9 Å². The van der Waals surface area contributed by atoms with Crippen LogP contribution >= 0.6 is 11.6 Å². The number of pyridine rings is 1. The zero-order valence-electron chi connectivity index (χ0n) is 16.8. The number of amides is 3. The van der Waals surface area contributed by atoms with Crippen LogP contribution in [-0.2, 0) is 11.3 Å². The molecule has 2 aromatic carbocycles. The number of fused-ring (bicyclic) bond motifs is 2. The van der Waals surface area contributed by atoms with Crippen molar-refractivity contribution in [3.63, 3.8) is 0 Å². The smallest absolute Gasteiger partial charge is 0.357 e. The van der Waals surface area contributed by atoms with E-state index in [0.717, 1.165) is 6.07 Å². The Bertz CT molecular complexity index is 1200. The molecule has 2 heterocycles. The molecule has 1 aromatic heterocycles. The monoisotopic (exact) mass is 474 g/mol. The molecule has 0 radical (unpaired) electrons. The number of alkyl halides is 2. The van der Waals surface area contributed by atoms with Gasteiger partial charge in [-0.3, -0.25) is 20.1 Å². The van der Waals surface area contributed by atoms with Gasteiger partial charge in [-0.25, -0.2) is 10.2 Å². The van der Waals surface area contributed by atoms with Crippen molar-refractivity contribution in [1.29, 1.82) is 0 Å². The van der Waals surface area contributed by atoms with Crippen molar-refractivity contribution in [2.45, 2.75) is 18.6 Å². The predicted molar refractivity (Wildman–Crippen MR) is 115 cm³/mol. The van der Waals surface area contributed by atoms with E-state index in [0.29, 0.717) is 22.1 Å². The van der Waals surface area contributed by atoms with Crippen LogP contribution in [0.3, 0.4) is 0 Å². The van der Waals surface area contributed by atoms with Gasteiger partial charge in [-0.2, -0.15) is 8.78 Å². The molecular formula is C22H17ClF2N4O4. The Balaban J connectivity index is 1.53. The second-order valence-corrected chi connectivity index (χ2v) is 7.51. The maximum Gasteiger partial charge on any atom is 0.357 e. The van der Waals surface area contributed by atoms with Gasteiger partial charge < -0.3 is 9.84 Å². The fourth-order valence-electron chi connectivity index (χ4n) is 3.19. The largest absolute Gasteiger partial charge is 0.455 e. The topological polar surface area (TPSA) is 104 Å². The Morgan fingerprint density at radius 2 is 1.85 bits per heavy atom. The van der Waals surface area contributed by atoms with Crippen LogP contribution in [-0.4, -0.2) is 28.0 Å². The molecule has 0 bridgehead atoms. The number of nitrogens with one attached hydrogen (secondary N) is 2. The number of hydrazine groups is 1. The zero-order chi connectivity index (χ0) is 23.6. The van der Waals surface area contributed by atoms with Crippen LogP contribution in [0.4, 0.5) is 19.3 Å². The summed E-state index contributed by atoms with van der Waals surface area (Å²) in [6.45, 7) is 0.0121. The van der Waals surface area contributed by atoms with E-state index in [2.05, 4.69) is 4.98 Å². The molecular weight excluding hydrogens is 458 g/mol. The van der Waals surface area contributed by atoms with Crippen LogP contribution in [0.25, 0.3) is 0 Å². The summed E-state index contributed by atoms with van der Waals surface area (Å²) in [6.07, 6.45) is -1.30. The number of para-hydroxylation sites is 1. The van der Waals surface area contributed by atoms with Gasteiger partial charge in [0.2, 0.25) is 0 Å². The van der Waals surface area contributed by atoms with E-state index in [4.69, 9.17) is 16.3 Å². The fourth-order valence-corrected chi connectivity index (χ4v) is 3.35. The van der Waals surface area contributed by atoms with Crippen molar-refractivity contribution < 1.29 is 28.2 Å². The number of halogens is 3. The van der Waals surface area contributed by atoms with Crippen LogP contribution in [0.15, 0.2) is 66.9 Å². The molecule has 0 saturated carbocycles. The molecule has 3 N–H and O–H groups in total. The summed E-state index contributed by atoms with van der Waals surface area (Å²) in [7, 11) is 0. The molecule has 1 atom stereocenters. The first kappa shape index (κ1) is 22.4. The molecule has 0 spiro atoms. The third-order valence-corrected chi connectivity index (χ3v) is 5.11. The van der Waals surface area contributed by atoms with Gasteiger partial charge in [0, 0.05) is 16.8 Å². The lowest BCUT2D eigenvalue weighted by molar-refractivity contribution is -0.165. The summed E-state index contributed by atoms with van der Waals surface area (Å²) in [4.78, 5) is 29.8. The van der Waals surface area contributed by atoms with E-state index in [1.807, 2.05) is 5.43 Å². The molecule has 3 aromatic rings. The molecule has 33 heavy (non-hydrogen) atoms. The maximum absolute atomic E-state index is 14.4. The highest BCUT2D eigenvalue weighted by Gasteiger charge is 2.48. The van der Waals surface area contributed by atoms with Gasteiger partial charge in [-0.15, -0.1) is 0 Å². The van der Waals surface area contributed by atoms with Gasteiger partial charge in [0.15, 0.2) is 11.9 Å². The minimum atomic E-state index is -4.27. The molecule has 0 fully saturated rings. The maximum atomic E-state index is 14.4. The number of aromatic nitrogens is 1. The zero-order valence-corrected chi connectivity index (χ0v) is 17.6. The molecule has 8 nitrogen and oxygen atoms in total. The van der Waals surface area contributed by atoms with E-state index in [1.54, 1.807) is 41.8 Å². The highest BCUT2D eigenvalue weighted by molar-refractivity contribution is 6.31. The number of aliphatic hydroxyl groups excluding tert-OH is 1. The van der Waals surface area contributed by atoms with Crippen molar-refractivity contribution in [3.8, 4) is 11.5 Å². The van der Waals surface area contributed by atoms with Gasteiger partial charge in [-0.05, 0) is 36.4 Å². The number of carbonyl (C=O) groups is 2. The normalized spacial score (nSPS) is 13.6. The van der Waals surface area contributed by atoms with Crippen molar-refractivity contribution in [2.75, 3.05) is 4.90 Å². The number of rotatable bonds is 3. The van der Waals surface area contributed by atoms with E-state index in [9.17, 15) is 23.5 Å². The van der Waals surface area contributed by atoms with Gasteiger partial charge in [0.1, 0.15) is 5.75 Å². The summed E-state index contributed by atoms with van der Waals surface area (Å²) in [5.74, 6) is -5.36. The molecule has 1 aliphatic heterocycles. The summed E-state index contributed by atoms with van der Waals surface area (Å²) >= 11 is 6.08. The number of ether oxygens (including phenoxy) is 1. The van der Waals surface area contributed by atoms with Crippen molar-refractivity contribution in [2.24, 2.45) is 0 Å². The van der Waals surface area contributed by atoms with E-state index in [-0.39, 0.29) is 12.2 Å². The number of carbonyl (C=O) groups excluding carboxylic acids is 2. The van der Waals surface area contributed by atoms with Gasteiger partial charge in [0.25, 0.3) is 0 Å². The summed E-state index contributed by atoms with van der Waals surface area (Å²) < 4.78 is 34.7. The average molecular weight is 475 g/mol. The van der Waals surface area contributed by atoms with Crippen molar-refractivity contribution in [1.82, 2.24) is 15.8 Å². The molecule has 1 aliphatic rings. The molecule has 0 saturated heterocycles. The Hall–Kier alpha value is -3.76. The van der Waals surface area contributed by atoms with E-state index >= 15 is 0 Å². The predicted octanol–water partition coefficient (Wildman–Crippen LogP) is 3.96. The van der Waals surface area contributed by atoms with Gasteiger partial charge >= 0.3 is 17.9 Å². The van der Waals surface area contributed by atoms with Crippen molar-refractivity contribution >= 4 is 29.2 Å². The van der Waals surface area contributed by atoms with Crippen LogP contribution in [0.1, 0.15) is 17.4 Å². The number of urea groups is 1. The Morgan fingerprint density at radius 3 is 2.61 bits per heavy atom. The lowest BCUT2D eigenvalue weighted by atomic mass is 10.1. The Kier molecular flexibility index (Phi) is 6.12. The SMILES string of the molecule is O=C(NNC(=O)C(F)(F)[C@H](O)c1ccccn1)N1Cc2ccccc2Oc2ccc(Cl)cc21. The molecule has 11 heteroatoms. The fraction of sp³-hybridized carbons (Fsp3) is 0.136. The summed E-state index contributed by atoms with van der Waals surface area (Å²) in [6, 6.07) is 14.7. The minimum absolute atomic E-state index is 0.0121. The quantitative estimate of drug-likeness (QED) is 0.499. The number of benzene rings is 2. The summed E-state index contributed by atoms with van der Waals surface area (Å²) in [5.41, 5.74) is 4.15. The first-order chi connectivity index (χ1) is 15.8. The molecule has 170 valence electrons. The number of anilines is 1. The standard InChI is InChI=1S/C22H17ClF2N4O4/c23-14-8-9-18-16(11-14)29(12-13-5-1-2-7-17(13)33-18)21(32)28-27-20(31)22(24,25)19(30)15-6-3-4-10-26-15/h1-11,19,30H,12H2,(H,27,31)(H,28,32)/t19-/m1/s1. The summed E-state index contributed by atoms with van der Waals surface area (Å²) in [5, 5.41) is 10.2. The van der Waals surface area contributed by atoms with Crippen LogP contribution in [0.2, 0.25) is 5.02 Å². The second-order valence-electron chi connectivity index (χ2n) is 7.07. The van der Waals surface area contributed by atoms with Crippen molar-refractivity contribution in [3.05, 3.63) is 83.1 Å². The number of hydrogen-bond donors (Lipinski definition) is 3. The van der Waals surface area contributed by atoms with E-state index < -0.39 is 29.7 Å². The van der Waals surface area contributed by atoms with Gasteiger partial charge in [0.05, 0.1) is 17.9 Å². The first-order valence-corrected chi connectivity index (χ1v) is 10.0. The average Bonchev–Trinajstić information content (AvgIpc) is 2.98. The molecule has 0 unspecified atom stereocenters. The number of nitrogens with zero attached hydrogens (tertiary/aromatic N) is 2. The van der Waals surface area contributed by atoms with Crippen LogP contribution < -0.4 is 20.5 Å². The molecule has 4 rings (SSSR count). The number of hydrogen-bond acceptors (Lipinski definition) is 5. The number of aliphatic hydroxyl groups is 1. The molecule has 3 amide bonds. The lowest BCUT2D eigenvalue weighted by Gasteiger charge is -2.25. The highest BCUT2D eigenvalue weighted by atomic mass is 35.5. The minimum Gasteiger partial charge on any atom is -0.455 e. The Labute approximate surface area is 191 Å². The van der Waals surface area contributed by atoms with Crippen LogP contribution in [0, 0.1) is 0 Å². The molecule has 0 aliphatic carbocycles. The van der Waals surface area contributed by atoms with E-state index in [1.165, 1.54) is 29.3 Å². The first-order valence-electron chi connectivity index (χ1n) is 9.67. The second kappa shape index (κ2) is 9.00. The third-order valence-electron chi connectivity index (χ3n) is 4.87.